The molecule has 210 valence electrons. The van der Waals surface area contributed by atoms with Gasteiger partial charge in [-0.2, -0.15) is 8.62 Å². The van der Waals surface area contributed by atoms with Crippen LogP contribution in [-0.2, 0) is 31.6 Å². The van der Waals surface area contributed by atoms with Gasteiger partial charge < -0.3 is 46.2 Å². The molecule has 22 heteroatoms. The van der Waals surface area contributed by atoms with E-state index < -0.39 is 48.5 Å². The van der Waals surface area contributed by atoms with Crippen LogP contribution < -0.4 is 16.8 Å². The third-order valence-electron chi connectivity index (χ3n) is 4.98. The summed E-state index contributed by atoms with van der Waals surface area (Å²) in [5.74, 6) is 0.429. The molecule has 2 aromatic heterocycles. The Morgan fingerprint density at radius 3 is 2.51 bits per heavy atom. The van der Waals surface area contributed by atoms with Crippen molar-refractivity contribution in [1.29, 1.82) is 0 Å². The predicted molar refractivity (Wildman–Crippen MR) is 125 cm³/mol. The number of anilines is 2. The van der Waals surface area contributed by atoms with Gasteiger partial charge in [-0.1, -0.05) is 6.42 Å². The van der Waals surface area contributed by atoms with Crippen molar-refractivity contribution >= 4 is 46.4 Å². The van der Waals surface area contributed by atoms with Gasteiger partial charge in [0.15, 0.2) is 17.0 Å². The van der Waals surface area contributed by atoms with Crippen LogP contribution in [0.3, 0.4) is 0 Å². The van der Waals surface area contributed by atoms with Gasteiger partial charge in [0.05, 0.1) is 12.7 Å². The van der Waals surface area contributed by atoms with Gasteiger partial charge in [-0.25, -0.2) is 28.6 Å². The highest BCUT2D eigenvalue weighted by atomic mass is 31.3. The molecule has 2 aromatic rings. The van der Waals surface area contributed by atoms with Crippen LogP contribution >= 0.6 is 23.5 Å². The fraction of sp³-hybridized carbons (Fsp3) is 0.667. The number of ether oxygens (including phenoxy) is 1. The highest BCUT2D eigenvalue weighted by Crippen LogP contribution is 2.66. The lowest BCUT2D eigenvalue weighted by atomic mass is 10.2. The van der Waals surface area contributed by atoms with Crippen molar-refractivity contribution in [2.75, 3.05) is 30.7 Å². The molecule has 0 radical (unpaired) electrons. The Balaban J connectivity index is 1.71. The number of hydrogen-bond donors (Lipinski definition) is 8. The summed E-state index contributed by atoms with van der Waals surface area (Å²) in [6.07, 6.45) is 0.336. The molecule has 2 unspecified atom stereocenters. The lowest BCUT2D eigenvalue weighted by Gasteiger charge is -2.20. The van der Waals surface area contributed by atoms with Gasteiger partial charge >= 0.3 is 23.5 Å². The summed E-state index contributed by atoms with van der Waals surface area (Å²) in [5.41, 5.74) is 12.0. The number of nitrogen functional groups attached to an aromatic ring is 1. The molecule has 19 nitrogen and oxygen atoms in total. The van der Waals surface area contributed by atoms with Crippen LogP contribution in [0, 0.1) is 0 Å². The van der Waals surface area contributed by atoms with Crippen molar-refractivity contribution in [1.82, 2.24) is 19.5 Å². The Kier molecular flexibility index (Phi) is 9.80. The van der Waals surface area contributed by atoms with E-state index in [-0.39, 0.29) is 17.8 Å². The predicted octanol–water partition coefficient (Wildman–Crippen LogP) is -0.0589. The quantitative estimate of drug-likeness (QED) is 0.105. The number of rotatable bonds is 14. The Morgan fingerprint density at radius 2 is 1.84 bits per heavy atom. The summed E-state index contributed by atoms with van der Waals surface area (Å²) >= 11 is 0. The molecule has 37 heavy (non-hydrogen) atoms. The van der Waals surface area contributed by atoms with E-state index in [0.717, 1.165) is 19.3 Å². The molecule has 0 amide bonds. The van der Waals surface area contributed by atoms with Crippen LogP contribution in [-0.4, -0.2) is 76.1 Å². The Bertz CT molecular complexity index is 1220. The number of nitrogens with zero attached hydrogens (tertiary/aromatic N) is 4. The number of phosphoric ester groups is 1. The molecule has 0 saturated carbocycles. The van der Waals surface area contributed by atoms with Crippen LogP contribution in [0.25, 0.3) is 11.2 Å². The normalized spacial score (nSPS) is 23.7. The first-order chi connectivity index (χ1) is 17.2. The van der Waals surface area contributed by atoms with Crippen molar-refractivity contribution in [2.45, 2.75) is 44.1 Å². The van der Waals surface area contributed by atoms with Gasteiger partial charge in [-0.3, -0.25) is 9.09 Å². The highest BCUT2D eigenvalue weighted by Gasteiger charge is 2.43. The molecule has 1 saturated heterocycles. The zero-order valence-electron chi connectivity index (χ0n) is 19.1. The van der Waals surface area contributed by atoms with E-state index >= 15 is 0 Å². The molecular formula is C15H28N7O12P3. The molecule has 5 atom stereocenters. The van der Waals surface area contributed by atoms with E-state index in [1.54, 1.807) is 0 Å². The van der Waals surface area contributed by atoms with Gasteiger partial charge in [0, 0.05) is 13.0 Å². The van der Waals surface area contributed by atoms with Gasteiger partial charge in [-0.15, -0.1) is 0 Å². The molecule has 0 aliphatic carbocycles. The molecule has 1 aliphatic rings. The molecule has 0 bridgehead atoms. The van der Waals surface area contributed by atoms with Crippen LogP contribution in [0.2, 0.25) is 0 Å². The summed E-state index contributed by atoms with van der Waals surface area (Å²) in [5, 5.41) is 13.6. The maximum absolute atomic E-state index is 12.0. The van der Waals surface area contributed by atoms with Crippen LogP contribution in [0.1, 0.15) is 31.9 Å². The van der Waals surface area contributed by atoms with E-state index in [0.29, 0.717) is 24.7 Å². The van der Waals surface area contributed by atoms with Crippen molar-refractivity contribution < 1.29 is 56.3 Å². The molecule has 3 heterocycles. The zero-order valence-corrected chi connectivity index (χ0v) is 21.8. The van der Waals surface area contributed by atoms with Gasteiger partial charge in [0.25, 0.3) is 0 Å². The minimum Gasteiger partial charge on any atom is -0.390 e. The SMILES string of the molecule is NCCCCCNc1nc2c(N)ncnc2n1[C@H]1C[C@H](O)[C@@H](COP(=O)(O)OP(=O)(O)OP(=O)(O)O)O1. The highest BCUT2D eigenvalue weighted by molar-refractivity contribution is 7.66. The Hall–Kier alpha value is -1.56. The van der Waals surface area contributed by atoms with E-state index in [2.05, 4.69) is 33.4 Å². The zero-order chi connectivity index (χ0) is 27.4. The van der Waals surface area contributed by atoms with Gasteiger partial charge in [-0.05, 0) is 19.4 Å². The van der Waals surface area contributed by atoms with Crippen molar-refractivity contribution in [3.05, 3.63) is 6.33 Å². The third-order valence-corrected chi connectivity index (χ3v) is 8.78. The number of nitrogens with one attached hydrogen (secondary N) is 1. The molecule has 10 N–H and O–H groups in total. The maximum atomic E-state index is 12.0. The van der Waals surface area contributed by atoms with Crippen molar-refractivity contribution in [3.8, 4) is 0 Å². The molecule has 1 aliphatic heterocycles. The van der Waals surface area contributed by atoms with E-state index in [4.69, 9.17) is 26.0 Å². The van der Waals surface area contributed by atoms with E-state index in [9.17, 15) is 28.6 Å². The summed E-state index contributed by atoms with van der Waals surface area (Å²) in [7, 11) is -16.6. The first-order valence-corrected chi connectivity index (χ1v) is 15.3. The number of unbranched alkanes of at least 4 members (excludes halogenated alkanes) is 2. The van der Waals surface area contributed by atoms with Crippen molar-refractivity contribution in [2.24, 2.45) is 5.73 Å². The topological polar surface area (TPSA) is 297 Å². The van der Waals surface area contributed by atoms with Gasteiger partial charge in [0.2, 0.25) is 5.95 Å². The summed E-state index contributed by atoms with van der Waals surface area (Å²) < 4.78 is 53.4. The third kappa shape index (κ3) is 8.46. The molecule has 1 fully saturated rings. The fourth-order valence-electron chi connectivity index (χ4n) is 3.46. The van der Waals surface area contributed by atoms with Crippen LogP contribution in [0.15, 0.2) is 6.33 Å². The largest absolute Gasteiger partial charge is 0.490 e. The first kappa shape index (κ1) is 30.0. The Labute approximate surface area is 209 Å². The Morgan fingerprint density at radius 1 is 1.11 bits per heavy atom. The second-order valence-corrected chi connectivity index (χ2v) is 12.3. The number of nitrogens with two attached hydrogens (primary N) is 2. The van der Waals surface area contributed by atoms with Gasteiger partial charge in [0.1, 0.15) is 18.7 Å². The average Bonchev–Trinajstić information content (AvgIpc) is 3.30. The number of aliphatic hydroxyl groups excluding tert-OH is 1. The van der Waals surface area contributed by atoms with E-state index in [1.807, 2.05) is 0 Å². The smallest absolute Gasteiger partial charge is 0.390 e. The molecule has 3 rings (SSSR count). The van der Waals surface area contributed by atoms with E-state index in [1.165, 1.54) is 10.9 Å². The molecule has 0 aromatic carbocycles. The maximum Gasteiger partial charge on any atom is 0.490 e. The minimum absolute atomic E-state index is 0.0400. The lowest BCUT2D eigenvalue weighted by molar-refractivity contribution is -0.0417. The first-order valence-electron chi connectivity index (χ1n) is 10.8. The number of phosphoric acid groups is 3. The summed E-state index contributed by atoms with van der Waals surface area (Å²) in [4.78, 5) is 48.6. The second-order valence-electron chi connectivity index (χ2n) is 7.83. The molecule has 0 spiro atoms. The molecular weight excluding hydrogens is 563 g/mol. The average molecular weight is 591 g/mol. The fourth-order valence-corrected chi connectivity index (χ4v) is 6.49. The van der Waals surface area contributed by atoms with Crippen molar-refractivity contribution in [3.63, 3.8) is 0 Å². The number of fused-ring (bicyclic) bond motifs is 1. The summed E-state index contributed by atoms with van der Waals surface area (Å²) in [6.45, 7) is 0.286. The monoisotopic (exact) mass is 591 g/mol. The lowest BCUT2D eigenvalue weighted by Crippen LogP contribution is -2.26. The second kappa shape index (κ2) is 12.1. The summed E-state index contributed by atoms with van der Waals surface area (Å²) in [6, 6.07) is 0. The standard InChI is InChI=1S/C15H28N7O12P3/c16-4-2-1-3-5-18-15-21-12-13(17)19-8-20-14(12)22(15)11-6-9(23)10(32-11)7-31-36(27,28)34-37(29,30)33-35(24,25)26/h8-11,23H,1-7,16H2,(H,18,21)(H,27,28)(H,29,30)(H2,17,19,20)(H2,24,25,26)/t9-,10+,11+/m0/s1. The van der Waals surface area contributed by atoms with Crippen LogP contribution in [0.4, 0.5) is 11.8 Å². The number of hydrogen-bond acceptors (Lipinski definition) is 14. The minimum atomic E-state index is -5.68. The number of aromatic nitrogens is 4. The number of aliphatic hydroxyl groups is 1. The van der Waals surface area contributed by atoms with Crippen LogP contribution in [0.5, 0.6) is 0 Å². The number of imidazole rings is 1.